The Kier molecular flexibility index (Phi) is 5.23. The first-order chi connectivity index (χ1) is 11.6. The molecule has 1 fully saturated rings. The van der Waals surface area contributed by atoms with Gasteiger partial charge < -0.3 is 5.11 Å². The molecule has 2 aromatic carbocycles. The monoisotopic (exact) mass is 328 g/mol. The Morgan fingerprint density at radius 2 is 1.62 bits per heavy atom. The molecule has 2 aromatic rings. The Morgan fingerprint density at radius 1 is 0.958 bits per heavy atom. The summed E-state index contributed by atoms with van der Waals surface area (Å²) in [6, 6.07) is 13.9. The van der Waals surface area contributed by atoms with Crippen LogP contribution in [0.2, 0.25) is 0 Å². The highest BCUT2D eigenvalue weighted by molar-refractivity contribution is 5.89. The zero-order valence-electron chi connectivity index (χ0n) is 13.5. The molecule has 1 N–H and O–H groups in total. The second-order valence-electron chi connectivity index (χ2n) is 6.14. The molecular weight excluding hydrogens is 307 g/mol. The van der Waals surface area contributed by atoms with Crippen molar-refractivity contribution >= 4 is 5.97 Å². The number of rotatable bonds is 5. The van der Waals surface area contributed by atoms with Gasteiger partial charge in [0.1, 0.15) is 5.82 Å². The molecule has 5 heteroatoms. The lowest BCUT2D eigenvalue weighted by atomic mass is 10.1. The summed E-state index contributed by atoms with van der Waals surface area (Å²) in [4.78, 5) is 15.9. The fraction of sp³-hybridized carbons (Fsp3) is 0.316. The fourth-order valence-electron chi connectivity index (χ4n) is 3.11. The van der Waals surface area contributed by atoms with Gasteiger partial charge in [-0.2, -0.15) is 0 Å². The van der Waals surface area contributed by atoms with Crippen molar-refractivity contribution in [3.8, 4) is 0 Å². The number of benzene rings is 2. The lowest BCUT2D eigenvalue weighted by Gasteiger charge is -2.35. The second kappa shape index (κ2) is 7.55. The molecule has 0 saturated carbocycles. The summed E-state index contributed by atoms with van der Waals surface area (Å²) in [6.07, 6.45) is 0. The minimum atomic E-state index is -0.879. The zero-order valence-corrected chi connectivity index (χ0v) is 13.5. The van der Waals surface area contributed by atoms with Crippen molar-refractivity contribution in [1.29, 1.82) is 0 Å². The van der Waals surface area contributed by atoms with Crippen LogP contribution < -0.4 is 0 Å². The molecule has 0 amide bonds. The summed E-state index contributed by atoms with van der Waals surface area (Å²) >= 11 is 0. The number of hydrogen-bond acceptors (Lipinski definition) is 3. The summed E-state index contributed by atoms with van der Waals surface area (Å²) in [5.74, 6) is -1.08. The van der Waals surface area contributed by atoms with Crippen LogP contribution in [0.1, 0.15) is 21.5 Å². The minimum absolute atomic E-state index is 0.198. The second-order valence-corrected chi connectivity index (χ2v) is 6.14. The normalized spacial score (nSPS) is 16.2. The number of piperazine rings is 1. The van der Waals surface area contributed by atoms with E-state index >= 15 is 0 Å². The van der Waals surface area contributed by atoms with E-state index in [-0.39, 0.29) is 5.82 Å². The molecule has 126 valence electrons. The molecule has 3 rings (SSSR count). The van der Waals surface area contributed by atoms with Crippen LogP contribution in [-0.4, -0.2) is 47.1 Å². The zero-order chi connectivity index (χ0) is 16.9. The van der Waals surface area contributed by atoms with Crippen LogP contribution in [0.25, 0.3) is 0 Å². The number of nitrogens with zero attached hydrogens (tertiary/aromatic N) is 2. The van der Waals surface area contributed by atoms with Crippen LogP contribution in [0.15, 0.2) is 48.5 Å². The van der Waals surface area contributed by atoms with E-state index < -0.39 is 5.97 Å². The average molecular weight is 328 g/mol. The Labute approximate surface area is 141 Å². The van der Waals surface area contributed by atoms with Gasteiger partial charge in [0.2, 0.25) is 0 Å². The van der Waals surface area contributed by atoms with Crippen molar-refractivity contribution < 1.29 is 14.3 Å². The molecule has 0 unspecified atom stereocenters. The maximum absolute atomic E-state index is 13.3. The van der Waals surface area contributed by atoms with E-state index in [1.165, 1.54) is 6.07 Å². The van der Waals surface area contributed by atoms with Crippen molar-refractivity contribution in [2.45, 2.75) is 13.1 Å². The largest absolute Gasteiger partial charge is 0.478 e. The number of hydrogen-bond donors (Lipinski definition) is 1. The third-order valence-electron chi connectivity index (χ3n) is 4.40. The van der Waals surface area contributed by atoms with E-state index in [2.05, 4.69) is 9.80 Å². The van der Waals surface area contributed by atoms with Crippen molar-refractivity contribution in [2.75, 3.05) is 26.2 Å². The van der Waals surface area contributed by atoms with Crippen LogP contribution >= 0.6 is 0 Å². The van der Waals surface area contributed by atoms with Gasteiger partial charge in [-0.3, -0.25) is 9.80 Å². The maximum Gasteiger partial charge on any atom is 0.336 e. The summed E-state index contributed by atoms with van der Waals surface area (Å²) in [5, 5.41) is 9.27. The smallest absolute Gasteiger partial charge is 0.336 e. The van der Waals surface area contributed by atoms with Crippen LogP contribution in [0.5, 0.6) is 0 Å². The number of carbonyl (C=O) groups is 1. The number of carboxylic acid groups (broad SMARTS) is 1. The number of aromatic carboxylic acids is 1. The first-order valence-corrected chi connectivity index (χ1v) is 8.12. The van der Waals surface area contributed by atoms with Crippen LogP contribution in [0, 0.1) is 5.82 Å². The van der Waals surface area contributed by atoms with Gasteiger partial charge in [0.25, 0.3) is 0 Å². The SMILES string of the molecule is O=C(O)c1ccccc1CN1CCN(Cc2cccc(F)c2)CC1. The van der Waals surface area contributed by atoms with Crippen molar-refractivity contribution in [3.63, 3.8) is 0 Å². The van der Waals surface area contributed by atoms with Crippen LogP contribution in [0.4, 0.5) is 4.39 Å². The predicted octanol–water partition coefficient (Wildman–Crippen LogP) is 2.84. The lowest BCUT2D eigenvalue weighted by molar-refractivity contribution is 0.0692. The van der Waals surface area contributed by atoms with Crippen molar-refractivity contribution in [3.05, 3.63) is 71.0 Å². The molecule has 0 aromatic heterocycles. The Hall–Kier alpha value is -2.24. The highest BCUT2D eigenvalue weighted by Crippen LogP contribution is 2.15. The highest BCUT2D eigenvalue weighted by Gasteiger charge is 2.19. The molecule has 4 nitrogen and oxygen atoms in total. The van der Waals surface area contributed by atoms with E-state index in [4.69, 9.17) is 0 Å². The summed E-state index contributed by atoms with van der Waals surface area (Å²) < 4.78 is 13.3. The minimum Gasteiger partial charge on any atom is -0.478 e. The molecule has 0 bridgehead atoms. The first kappa shape index (κ1) is 16.6. The molecule has 1 heterocycles. The van der Waals surface area contributed by atoms with Gasteiger partial charge >= 0.3 is 5.97 Å². The van der Waals surface area contributed by atoms with E-state index in [0.717, 1.165) is 43.9 Å². The molecule has 0 aliphatic carbocycles. The summed E-state index contributed by atoms with van der Waals surface area (Å²) in [7, 11) is 0. The summed E-state index contributed by atoms with van der Waals surface area (Å²) in [5.41, 5.74) is 2.21. The third-order valence-corrected chi connectivity index (χ3v) is 4.40. The maximum atomic E-state index is 13.3. The van der Waals surface area contributed by atoms with E-state index in [1.54, 1.807) is 24.3 Å². The van der Waals surface area contributed by atoms with E-state index in [1.807, 2.05) is 18.2 Å². The quantitative estimate of drug-likeness (QED) is 0.917. The van der Waals surface area contributed by atoms with E-state index in [0.29, 0.717) is 12.1 Å². The van der Waals surface area contributed by atoms with Gasteiger partial charge in [0, 0.05) is 39.3 Å². The van der Waals surface area contributed by atoms with E-state index in [9.17, 15) is 14.3 Å². The highest BCUT2D eigenvalue weighted by atomic mass is 19.1. The molecule has 1 saturated heterocycles. The Morgan fingerprint density at radius 3 is 2.29 bits per heavy atom. The number of carboxylic acids is 1. The Balaban J connectivity index is 1.55. The van der Waals surface area contributed by atoms with Crippen molar-refractivity contribution in [1.82, 2.24) is 9.80 Å². The average Bonchev–Trinajstić information content (AvgIpc) is 2.57. The summed E-state index contributed by atoms with van der Waals surface area (Å²) in [6.45, 7) is 4.94. The van der Waals surface area contributed by atoms with Gasteiger partial charge in [-0.1, -0.05) is 30.3 Å². The van der Waals surface area contributed by atoms with Gasteiger partial charge in [-0.05, 0) is 29.3 Å². The Bertz CT molecular complexity index is 712. The topological polar surface area (TPSA) is 43.8 Å². The van der Waals surface area contributed by atoms with Crippen LogP contribution in [-0.2, 0) is 13.1 Å². The fourth-order valence-corrected chi connectivity index (χ4v) is 3.11. The van der Waals surface area contributed by atoms with Crippen LogP contribution in [0.3, 0.4) is 0 Å². The lowest BCUT2D eigenvalue weighted by Crippen LogP contribution is -2.45. The van der Waals surface area contributed by atoms with Gasteiger partial charge in [-0.25, -0.2) is 9.18 Å². The third kappa shape index (κ3) is 4.19. The first-order valence-electron chi connectivity index (χ1n) is 8.12. The molecule has 0 spiro atoms. The number of halogens is 1. The molecule has 24 heavy (non-hydrogen) atoms. The van der Waals surface area contributed by atoms with Gasteiger partial charge in [0.05, 0.1) is 5.56 Å². The molecule has 0 radical (unpaired) electrons. The standard InChI is InChI=1S/C19H21FN2O2/c20-17-6-3-4-15(12-17)13-21-8-10-22(11-9-21)14-16-5-1-2-7-18(16)19(23)24/h1-7,12H,8-11,13-14H2,(H,23,24). The predicted molar refractivity (Wildman–Crippen MR) is 90.4 cm³/mol. The molecule has 1 aliphatic heterocycles. The van der Waals surface area contributed by atoms with Crippen molar-refractivity contribution in [2.24, 2.45) is 0 Å². The molecule has 1 aliphatic rings. The van der Waals surface area contributed by atoms with Gasteiger partial charge in [-0.15, -0.1) is 0 Å². The molecular formula is C19H21FN2O2. The van der Waals surface area contributed by atoms with Gasteiger partial charge in [0.15, 0.2) is 0 Å². The molecule has 0 atom stereocenters.